The number of esters is 1. The van der Waals surface area contributed by atoms with Gasteiger partial charge in [0.1, 0.15) is 6.61 Å². The summed E-state index contributed by atoms with van der Waals surface area (Å²) in [5, 5.41) is 1.76. The van der Waals surface area contributed by atoms with Crippen molar-refractivity contribution in [2.45, 2.75) is 26.6 Å². The molecule has 1 aromatic carbocycles. The van der Waals surface area contributed by atoms with Gasteiger partial charge in [-0.25, -0.2) is 9.78 Å². The molecule has 0 aliphatic carbocycles. The maximum Gasteiger partial charge on any atom is 0.416 e. The number of carbonyl (C=O) groups is 2. The third-order valence-electron chi connectivity index (χ3n) is 3.14. The van der Waals surface area contributed by atoms with E-state index in [0.29, 0.717) is 5.69 Å². The number of hydrogen-bond acceptors (Lipinski definition) is 5. The molecule has 0 radical (unpaired) electrons. The zero-order valence-electron chi connectivity index (χ0n) is 13.9. The molecule has 0 unspecified atom stereocenters. The van der Waals surface area contributed by atoms with Gasteiger partial charge in [-0.3, -0.25) is 9.69 Å². The van der Waals surface area contributed by atoms with Gasteiger partial charge < -0.3 is 4.74 Å². The van der Waals surface area contributed by atoms with Gasteiger partial charge in [-0.05, 0) is 25.1 Å². The molecule has 2 aromatic rings. The van der Waals surface area contributed by atoms with Crippen molar-refractivity contribution >= 4 is 34.0 Å². The SMILES string of the molecule is C/C=C/C(=O)OCc1csc(N(C(C)=O)c2cccc(C(F)(F)F)c2)n1. The van der Waals surface area contributed by atoms with E-state index in [1.54, 1.807) is 12.3 Å². The van der Waals surface area contributed by atoms with Crippen LogP contribution in [0.2, 0.25) is 0 Å². The molecule has 1 amide bonds. The van der Waals surface area contributed by atoms with Crippen molar-refractivity contribution in [2.75, 3.05) is 4.90 Å². The Morgan fingerprint density at radius 2 is 2.08 bits per heavy atom. The van der Waals surface area contributed by atoms with Gasteiger partial charge in [-0.1, -0.05) is 12.1 Å². The number of alkyl halides is 3. The topological polar surface area (TPSA) is 59.5 Å². The maximum atomic E-state index is 12.9. The van der Waals surface area contributed by atoms with Gasteiger partial charge in [-0.15, -0.1) is 11.3 Å². The number of aromatic nitrogens is 1. The Morgan fingerprint density at radius 3 is 2.69 bits per heavy atom. The van der Waals surface area contributed by atoms with Crippen LogP contribution in [0.5, 0.6) is 0 Å². The number of ether oxygens (including phenoxy) is 1. The molecule has 26 heavy (non-hydrogen) atoms. The smallest absolute Gasteiger partial charge is 0.416 e. The molecule has 2 rings (SSSR count). The van der Waals surface area contributed by atoms with Crippen LogP contribution < -0.4 is 4.90 Å². The van der Waals surface area contributed by atoms with Crippen LogP contribution in [0.25, 0.3) is 0 Å². The summed E-state index contributed by atoms with van der Waals surface area (Å²) in [6, 6.07) is 4.43. The third kappa shape index (κ3) is 4.92. The van der Waals surface area contributed by atoms with Crippen LogP contribution >= 0.6 is 11.3 Å². The van der Waals surface area contributed by atoms with Gasteiger partial charge in [0, 0.05) is 18.4 Å². The van der Waals surface area contributed by atoms with E-state index < -0.39 is 23.6 Å². The molecule has 0 spiro atoms. The first kappa shape index (κ1) is 19.6. The molecule has 0 N–H and O–H groups in total. The number of nitrogens with zero attached hydrogens (tertiary/aromatic N) is 2. The van der Waals surface area contributed by atoms with Crippen LogP contribution in [-0.4, -0.2) is 16.9 Å². The second-order valence-corrected chi connectivity index (χ2v) is 5.97. The second-order valence-electron chi connectivity index (χ2n) is 5.13. The van der Waals surface area contributed by atoms with Gasteiger partial charge in [0.15, 0.2) is 5.13 Å². The van der Waals surface area contributed by atoms with Crippen molar-refractivity contribution in [1.29, 1.82) is 0 Å². The molecule has 0 saturated heterocycles. The normalized spacial score (nSPS) is 11.6. The Kier molecular flexibility index (Phi) is 6.14. The number of allylic oxidation sites excluding steroid dienone is 1. The van der Waals surface area contributed by atoms with Gasteiger partial charge in [0.2, 0.25) is 5.91 Å². The molecule has 0 saturated carbocycles. The van der Waals surface area contributed by atoms with E-state index in [9.17, 15) is 22.8 Å². The molecular weight excluding hydrogens is 369 g/mol. The van der Waals surface area contributed by atoms with Crippen LogP contribution in [0.3, 0.4) is 0 Å². The number of carbonyl (C=O) groups excluding carboxylic acids is 2. The summed E-state index contributed by atoms with van der Waals surface area (Å²) in [6.07, 6.45) is -1.74. The summed E-state index contributed by atoms with van der Waals surface area (Å²) in [7, 11) is 0. The molecule has 9 heteroatoms. The highest BCUT2D eigenvalue weighted by Gasteiger charge is 2.31. The lowest BCUT2D eigenvalue weighted by Crippen LogP contribution is -2.23. The van der Waals surface area contributed by atoms with Gasteiger partial charge in [-0.2, -0.15) is 13.2 Å². The molecule has 5 nitrogen and oxygen atoms in total. The Hall–Kier alpha value is -2.68. The predicted molar refractivity (Wildman–Crippen MR) is 91.0 cm³/mol. The minimum absolute atomic E-state index is 0.0548. The predicted octanol–water partition coefficient (Wildman–Crippen LogP) is 4.47. The molecule has 138 valence electrons. The van der Waals surface area contributed by atoms with E-state index in [1.807, 2.05) is 0 Å². The number of halogens is 3. The average molecular weight is 384 g/mol. The highest BCUT2D eigenvalue weighted by atomic mass is 32.1. The Labute approximate surface area is 151 Å². The molecule has 1 heterocycles. The number of thiazole rings is 1. The Bertz CT molecular complexity index is 831. The summed E-state index contributed by atoms with van der Waals surface area (Å²) < 4.78 is 43.7. The zero-order valence-corrected chi connectivity index (χ0v) is 14.7. The molecule has 0 atom stereocenters. The van der Waals surface area contributed by atoms with Crippen LogP contribution in [0.4, 0.5) is 24.0 Å². The third-order valence-corrected chi connectivity index (χ3v) is 4.02. The van der Waals surface area contributed by atoms with E-state index in [-0.39, 0.29) is 17.4 Å². The van der Waals surface area contributed by atoms with Crippen molar-refractivity contribution < 1.29 is 27.5 Å². The first-order valence-corrected chi connectivity index (χ1v) is 8.32. The van der Waals surface area contributed by atoms with Crippen molar-refractivity contribution in [1.82, 2.24) is 4.98 Å². The minimum Gasteiger partial charge on any atom is -0.456 e. The summed E-state index contributed by atoms with van der Waals surface area (Å²) in [5.41, 5.74) is -0.418. The first-order chi connectivity index (χ1) is 12.2. The van der Waals surface area contributed by atoms with E-state index in [1.165, 1.54) is 31.2 Å². The number of rotatable bonds is 5. The number of amides is 1. The fourth-order valence-electron chi connectivity index (χ4n) is 2.04. The van der Waals surface area contributed by atoms with Crippen LogP contribution in [0.15, 0.2) is 41.8 Å². The lowest BCUT2D eigenvalue weighted by atomic mass is 10.2. The standard InChI is InChI=1S/C17H15F3N2O3S/c1-3-5-15(24)25-9-13-10-26-16(21-13)22(11(2)23)14-7-4-6-12(8-14)17(18,19)20/h3-8,10H,9H2,1-2H3/b5-3+. The summed E-state index contributed by atoms with van der Waals surface area (Å²) in [5.74, 6) is -1.03. The Balaban J connectivity index is 2.26. The summed E-state index contributed by atoms with van der Waals surface area (Å²) in [4.78, 5) is 28.6. The fourth-order valence-corrected chi connectivity index (χ4v) is 2.91. The van der Waals surface area contributed by atoms with Crippen LogP contribution in [-0.2, 0) is 27.1 Å². The fraction of sp³-hybridized carbons (Fsp3) is 0.235. The molecule has 0 fully saturated rings. The van der Waals surface area contributed by atoms with Crippen molar-refractivity contribution in [3.63, 3.8) is 0 Å². The second kappa shape index (κ2) is 8.13. The quantitative estimate of drug-likeness (QED) is 0.564. The monoisotopic (exact) mass is 384 g/mol. The molecule has 0 bridgehead atoms. The van der Waals surface area contributed by atoms with Crippen molar-refractivity contribution in [3.8, 4) is 0 Å². The molecule has 1 aromatic heterocycles. The number of hydrogen-bond donors (Lipinski definition) is 0. The van der Waals surface area contributed by atoms with E-state index >= 15 is 0 Å². The van der Waals surface area contributed by atoms with Gasteiger partial charge in [0.05, 0.1) is 16.9 Å². The minimum atomic E-state index is -4.52. The zero-order chi connectivity index (χ0) is 19.3. The van der Waals surface area contributed by atoms with Gasteiger partial charge in [0.25, 0.3) is 0 Å². The van der Waals surface area contributed by atoms with Crippen molar-refractivity contribution in [2.24, 2.45) is 0 Å². The number of benzene rings is 1. The number of anilines is 2. The molecule has 0 aliphatic rings. The lowest BCUT2D eigenvalue weighted by molar-refractivity contribution is -0.139. The first-order valence-electron chi connectivity index (χ1n) is 7.44. The van der Waals surface area contributed by atoms with Gasteiger partial charge >= 0.3 is 12.1 Å². The average Bonchev–Trinajstić information content (AvgIpc) is 3.01. The van der Waals surface area contributed by atoms with E-state index in [0.717, 1.165) is 28.4 Å². The molecule has 0 aliphatic heterocycles. The van der Waals surface area contributed by atoms with E-state index in [2.05, 4.69) is 4.98 Å². The largest absolute Gasteiger partial charge is 0.456 e. The maximum absolute atomic E-state index is 12.9. The Morgan fingerprint density at radius 1 is 1.35 bits per heavy atom. The summed E-state index contributed by atoms with van der Waals surface area (Å²) >= 11 is 1.06. The van der Waals surface area contributed by atoms with Crippen molar-refractivity contribution in [3.05, 3.63) is 53.1 Å². The summed E-state index contributed by atoms with van der Waals surface area (Å²) in [6.45, 7) is 2.80. The lowest BCUT2D eigenvalue weighted by Gasteiger charge is -2.19. The van der Waals surface area contributed by atoms with E-state index in [4.69, 9.17) is 4.74 Å². The molecular formula is C17H15F3N2O3S. The van der Waals surface area contributed by atoms with Crippen LogP contribution in [0, 0.1) is 0 Å². The van der Waals surface area contributed by atoms with Crippen LogP contribution in [0.1, 0.15) is 25.1 Å². The highest BCUT2D eigenvalue weighted by molar-refractivity contribution is 7.14. The highest BCUT2D eigenvalue weighted by Crippen LogP contribution is 2.34.